The fourth-order valence-corrected chi connectivity index (χ4v) is 3.58. The van der Waals surface area contributed by atoms with E-state index in [4.69, 9.17) is 0 Å². The number of nitrogens with zero attached hydrogens (tertiary/aromatic N) is 1. The van der Waals surface area contributed by atoms with Crippen molar-refractivity contribution in [1.82, 2.24) is 10.3 Å². The maximum absolute atomic E-state index is 4.08. The van der Waals surface area contributed by atoms with Crippen LogP contribution >= 0.6 is 31.9 Å². The van der Waals surface area contributed by atoms with E-state index >= 15 is 0 Å². The van der Waals surface area contributed by atoms with Crippen LogP contribution < -0.4 is 5.32 Å². The number of aromatic nitrogens is 1. The Hall–Kier alpha value is -0.710. The van der Waals surface area contributed by atoms with Gasteiger partial charge in [-0.25, -0.2) is 0 Å². The fourth-order valence-electron chi connectivity index (χ4n) is 2.29. The minimum atomic E-state index is 0.255. The Morgan fingerprint density at radius 1 is 1.11 bits per heavy atom. The summed E-state index contributed by atoms with van der Waals surface area (Å²) in [4.78, 5) is 4.08. The number of hydrogen-bond donors (Lipinski definition) is 1. The van der Waals surface area contributed by atoms with Crippen LogP contribution in [0.5, 0.6) is 0 Å². The Balaban J connectivity index is 2.34. The van der Waals surface area contributed by atoms with Crippen molar-refractivity contribution in [2.45, 2.75) is 18.9 Å². The summed E-state index contributed by atoms with van der Waals surface area (Å²) >= 11 is 7.14. The van der Waals surface area contributed by atoms with E-state index in [2.05, 4.69) is 79.4 Å². The summed E-state index contributed by atoms with van der Waals surface area (Å²) in [6.45, 7) is 2.23. The van der Waals surface area contributed by atoms with E-state index in [1.54, 1.807) is 0 Å². The maximum atomic E-state index is 4.08. The predicted octanol–water partition coefficient (Wildman–Crippen LogP) is 4.67. The first-order chi connectivity index (χ1) is 9.13. The van der Waals surface area contributed by atoms with Crippen LogP contribution in [-0.4, -0.2) is 12.0 Å². The molecule has 1 aromatic heterocycles. The molecular formula is C15H16Br2N2. The van der Waals surface area contributed by atoms with Crippen molar-refractivity contribution < 1.29 is 0 Å². The van der Waals surface area contributed by atoms with Crippen LogP contribution in [0.25, 0.3) is 0 Å². The molecule has 0 fully saturated rings. The van der Waals surface area contributed by atoms with Gasteiger partial charge in [-0.1, -0.05) is 44.8 Å². The third-order valence-electron chi connectivity index (χ3n) is 3.34. The average molecular weight is 384 g/mol. The summed E-state index contributed by atoms with van der Waals surface area (Å²) in [7, 11) is 2.00. The molecule has 2 atom stereocenters. The van der Waals surface area contributed by atoms with Crippen LogP contribution in [0, 0.1) is 0 Å². The average Bonchev–Trinajstić information content (AvgIpc) is 2.42. The molecule has 100 valence electrons. The second-order valence-corrected chi connectivity index (χ2v) is 6.27. The van der Waals surface area contributed by atoms with E-state index in [1.807, 2.05) is 19.4 Å². The second kappa shape index (κ2) is 6.64. The molecular weight excluding hydrogens is 368 g/mol. The van der Waals surface area contributed by atoms with Gasteiger partial charge in [0, 0.05) is 33.3 Å². The van der Waals surface area contributed by atoms with E-state index in [0.29, 0.717) is 5.92 Å². The molecule has 19 heavy (non-hydrogen) atoms. The molecule has 0 bridgehead atoms. The van der Waals surface area contributed by atoms with Crippen molar-refractivity contribution in [3.63, 3.8) is 0 Å². The monoisotopic (exact) mass is 382 g/mol. The summed E-state index contributed by atoms with van der Waals surface area (Å²) in [6, 6.07) is 10.7. The van der Waals surface area contributed by atoms with E-state index in [-0.39, 0.29) is 6.04 Å². The van der Waals surface area contributed by atoms with Gasteiger partial charge < -0.3 is 5.32 Å². The number of nitrogens with one attached hydrogen (secondary N) is 1. The van der Waals surface area contributed by atoms with Crippen molar-refractivity contribution in [3.05, 3.63) is 62.8 Å². The van der Waals surface area contributed by atoms with Crippen LogP contribution in [0.4, 0.5) is 0 Å². The molecule has 4 heteroatoms. The fraction of sp³-hybridized carbons (Fsp3) is 0.267. The smallest absolute Gasteiger partial charge is 0.0395 e. The molecule has 2 unspecified atom stereocenters. The number of pyridine rings is 1. The molecule has 0 radical (unpaired) electrons. The van der Waals surface area contributed by atoms with Gasteiger partial charge in [-0.05, 0) is 42.4 Å². The van der Waals surface area contributed by atoms with Crippen LogP contribution in [0.3, 0.4) is 0 Å². The zero-order chi connectivity index (χ0) is 13.8. The van der Waals surface area contributed by atoms with Gasteiger partial charge in [0.2, 0.25) is 0 Å². The number of halogens is 2. The lowest BCUT2D eigenvalue weighted by Crippen LogP contribution is -2.22. The van der Waals surface area contributed by atoms with Crippen molar-refractivity contribution in [2.75, 3.05) is 7.05 Å². The molecule has 2 rings (SSSR count). The predicted molar refractivity (Wildman–Crippen MR) is 86.3 cm³/mol. The minimum absolute atomic E-state index is 0.255. The third-order valence-corrected chi connectivity index (χ3v) is 4.52. The van der Waals surface area contributed by atoms with Gasteiger partial charge in [-0.2, -0.15) is 0 Å². The Bertz CT molecular complexity index is 543. The molecule has 0 saturated heterocycles. The SMILES string of the molecule is CNC(c1ccc(Br)cc1Br)C(C)c1ccncc1. The number of benzene rings is 1. The highest BCUT2D eigenvalue weighted by atomic mass is 79.9. The lowest BCUT2D eigenvalue weighted by molar-refractivity contribution is 0.506. The molecule has 1 N–H and O–H groups in total. The molecule has 0 aliphatic heterocycles. The van der Waals surface area contributed by atoms with E-state index in [9.17, 15) is 0 Å². The standard InChI is InChI=1S/C15H16Br2N2/c1-10(11-5-7-19-8-6-11)15(18-2)13-4-3-12(16)9-14(13)17/h3-10,15,18H,1-2H3. The molecule has 1 aromatic carbocycles. The van der Waals surface area contributed by atoms with Crippen LogP contribution in [0.2, 0.25) is 0 Å². The summed E-state index contributed by atoms with van der Waals surface area (Å²) in [5.74, 6) is 0.366. The van der Waals surface area contributed by atoms with Gasteiger partial charge in [-0.3, -0.25) is 4.98 Å². The molecule has 0 amide bonds. The van der Waals surface area contributed by atoms with Gasteiger partial charge in [-0.15, -0.1) is 0 Å². The third kappa shape index (κ3) is 3.44. The van der Waals surface area contributed by atoms with Gasteiger partial charge in [0.15, 0.2) is 0 Å². The number of hydrogen-bond acceptors (Lipinski definition) is 2. The first-order valence-electron chi connectivity index (χ1n) is 6.15. The summed E-state index contributed by atoms with van der Waals surface area (Å²) in [5.41, 5.74) is 2.54. The lowest BCUT2D eigenvalue weighted by Gasteiger charge is -2.25. The molecule has 2 aromatic rings. The number of rotatable bonds is 4. The van der Waals surface area contributed by atoms with Crippen molar-refractivity contribution >= 4 is 31.9 Å². The van der Waals surface area contributed by atoms with E-state index in [1.165, 1.54) is 11.1 Å². The summed E-state index contributed by atoms with van der Waals surface area (Å²) < 4.78 is 2.19. The van der Waals surface area contributed by atoms with Crippen LogP contribution in [0.15, 0.2) is 51.7 Å². The quantitative estimate of drug-likeness (QED) is 0.829. The first-order valence-corrected chi connectivity index (χ1v) is 7.74. The molecule has 2 nitrogen and oxygen atoms in total. The van der Waals surface area contributed by atoms with E-state index in [0.717, 1.165) is 8.95 Å². The molecule has 1 heterocycles. The molecule has 0 aliphatic rings. The zero-order valence-electron chi connectivity index (χ0n) is 10.9. The van der Waals surface area contributed by atoms with Gasteiger partial charge >= 0.3 is 0 Å². The second-order valence-electron chi connectivity index (χ2n) is 4.50. The zero-order valence-corrected chi connectivity index (χ0v) is 14.1. The Kier molecular flexibility index (Phi) is 5.13. The molecule has 0 aliphatic carbocycles. The highest BCUT2D eigenvalue weighted by Crippen LogP contribution is 2.35. The number of likely N-dealkylation sites (N-methyl/N-ethyl adjacent to an activating group) is 1. The Labute approximate surface area is 130 Å². The maximum Gasteiger partial charge on any atom is 0.0395 e. The lowest BCUT2D eigenvalue weighted by atomic mass is 9.89. The van der Waals surface area contributed by atoms with Crippen molar-refractivity contribution in [2.24, 2.45) is 0 Å². The minimum Gasteiger partial charge on any atom is -0.312 e. The van der Waals surface area contributed by atoms with Gasteiger partial charge in [0.25, 0.3) is 0 Å². The highest BCUT2D eigenvalue weighted by molar-refractivity contribution is 9.11. The summed E-state index contributed by atoms with van der Waals surface area (Å²) in [5, 5.41) is 3.41. The van der Waals surface area contributed by atoms with Gasteiger partial charge in [0.1, 0.15) is 0 Å². The largest absolute Gasteiger partial charge is 0.312 e. The highest BCUT2D eigenvalue weighted by Gasteiger charge is 2.21. The van der Waals surface area contributed by atoms with Crippen LogP contribution in [0.1, 0.15) is 30.0 Å². The van der Waals surface area contributed by atoms with Gasteiger partial charge in [0.05, 0.1) is 0 Å². The van der Waals surface area contributed by atoms with E-state index < -0.39 is 0 Å². The topological polar surface area (TPSA) is 24.9 Å². The van der Waals surface area contributed by atoms with Crippen LogP contribution in [-0.2, 0) is 0 Å². The normalized spacial score (nSPS) is 14.1. The Morgan fingerprint density at radius 3 is 2.37 bits per heavy atom. The first kappa shape index (κ1) is 14.7. The van der Waals surface area contributed by atoms with Crippen molar-refractivity contribution in [3.8, 4) is 0 Å². The Morgan fingerprint density at radius 2 is 1.79 bits per heavy atom. The van der Waals surface area contributed by atoms with Crippen molar-refractivity contribution in [1.29, 1.82) is 0 Å². The molecule has 0 spiro atoms. The summed E-state index contributed by atoms with van der Waals surface area (Å²) in [6.07, 6.45) is 3.68. The molecule has 0 saturated carbocycles.